The summed E-state index contributed by atoms with van der Waals surface area (Å²) in [5, 5.41) is 2.64. The SMILES string of the molecule is CC1(c2ccc(-c3c#cc(N(c4ccc5c(c4)C4(c6ccccc6-c6ccccc64)c4ccccc4-5)c4ccccc4C4=CC=CCC4)cc3)c3ccccc23)CC=C2C[C@@H]2C1. The van der Waals surface area contributed by atoms with Gasteiger partial charge in [-0.25, -0.2) is 0 Å². The third-order valence-electron chi connectivity index (χ3n) is 14.9. The van der Waals surface area contributed by atoms with E-state index in [1.165, 1.54) is 90.4 Å². The Morgan fingerprint density at radius 1 is 0.565 bits per heavy atom. The number of nitrogens with zero attached hydrogens (tertiary/aromatic N) is 1. The average Bonchev–Trinajstić information content (AvgIpc) is 3.96. The van der Waals surface area contributed by atoms with E-state index in [1.807, 2.05) is 0 Å². The second kappa shape index (κ2) is 13.4. The van der Waals surface area contributed by atoms with Crippen molar-refractivity contribution < 1.29 is 0 Å². The van der Waals surface area contributed by atoms with Crippen molar-refractivity contribution in [3.63, 3.8) is 0 Å². The first kappa shape index (κ1) is 35.6. The molecular formula is C61H45N. The topological polar surface area (TPSA) is 3.24 Å². The molecule has 1 heteroatoms. The van der Waals surface area contributed by atoms with Crippen LogP contribution in [0.5, 0.6) is 0 Å². The van der Waals surface area contributed by atoms with Gasteiger partial charge in [0.25, 0.3) is 0 Å². The van der Waals surface area contributed by atoms with Crippen molar-refractivity contribution in [1.82, 2.24) is 0 Å². The summed E-state index contributed by atoms with van der Waals surface area (Å²) in [7, 11) is 0. The molecule has 1 fully saturated rings. The summed E-state index contributed by atoms with van der Waals surface area (Å²) >= 11 is 0. The number of hydrogen-bond donors (Lipinski definition) is 0. The van der Waals surface area contributed by atoms with Crippen LogP contribution in [0.1, 0.15) is 72.4 Å². The summed E-state index contributed by atoms with van der Waals surface area (Å²) in [6, 6.07) is 69.1. The smallest absolute Gasteiger partial charge is 0.0974 e. The Morgan fingerprint density at radius 3 is 1.89 bits per heavy atom. The monoisotopic (exact) mass is 791 g/mol. The van der Waals surface area contributed by atoms with E-state index >= 15 is 0 Å². The predicted molar refractivity (Wildman–Crippen MR) is 257 cm³/mol. The van der Waals surface area contributed by atoms with Crippen LogP contribution in [0.3, 0.4) is 0 Å². The maximum Gasteiger partial charge on any atom is 0.0974 e. The van der Waals surface area contributed by atoms with Gasteiger partial charge in [-0.05, 0) is 152 Å². The molecule has 0 amide bonds. The highest BCUT2D eigenvalue weighted by atomic mass is 15.1. The van der Waals surface area contributed by atoms with Gasteiger partial charge in [-0.3, -0.25) is 0 Å². The quantitative estimate of drug-likeness (QED) is 0.152. The molecule has 294 valence electrons. The highest BCUT2D eigenvalue weighted by molar-refractivity contribution is 6.00. The molecule has 5 aliphatic carbocycles. The van der Waals surface area contributed by atoms with Gasteiger partial charge < -0.3 is 4.90 Å². The van der Waals surface area contributed by atoms with Gasteiger partial charge in [-0.2, -0.15) is 0 Å². The number of benzene rings is 7. The number of hydrogen-bond acceptors (Lipinski definition) is 1. The maximum atomic E-state index is 3.76. The minimum atomic E-state index is -0.435. The number of rotatable bonds is 6. The van der Waals surface area contributed by atoms with Crippen molar-refractivity contribution in [3.8, 4) is 33.4 Å². The van der Waals surface area contributed by atoms with Gasteiger partial charge in [0.05, 0.1) is 16.8 Å². The van der Waals surface area contributed by atoms with Crippen molar-refractivity contribution in [2.75, 3.05) is 4.90 Å². The van der Waals surface area contributed by atoms with Crippen LogP contribution < -0.4 is 4.90 Å². The molecule has 2 atom stereocenters. The molecule has 0 aliphatic heterocycles. The van der Waals surface area contributed by atoms with E-state index in [2.05, 4.69) is 212 Å². The van der Waals surface area contributed by atoms with Gasteiger partial charge in [0.1, 0.15) is 0 Å². The molecule has 0 aromatic heterocycles. The zero-order valence-electron chi connectivity index (χ0n) is 35.0. The predicted octanol–water partition coefficient (Wildman–Crippen LogP) is 15.7. The normalized spacial score (nSPS) is 19.4. The highest BCUT2D eigenvalue weighted by Gasteiger charge is 2.51. The average molecular weight is 792 g/mol. The maximum absolute atomic E-state index is 3.76. The van der Waals surface area contributed by atoms with Crippen molar-refractivity contribution >= 4 is 33.4 Å². The van der Waals surface area contributed by atoms with Gasteiger partial charge in [-0.1, -0.05) is 176 Å². The summed E-state index contributed by atoms with van der Waals surface area (Å²) in [5.41, 5.74) is 21.6. The van der Waals surface area contributed by atoms with Crippen LogP contribution in [-0.2, 0) is 10.8 Å². The number of fused-ring (bicyclic) bond motifs is 12. The highest BCUT2D eigenvalue weighted by Crippen LogP contribution is 2.63. The minimum absolute atomic E-state index is 0.151. The molecule has 0 saturated heterocycles. The zero-order valence-corrected chi connectivity index (χ0v) is 35.0. The van der Waals surface area contributed by atoms with Crippen molar-refractivity contribution in [3.05, 3.63) is 239 Å². The van der Waals surface area contributed by atoms with E-state index in [0.717, 1.165) is 47.8 Å². The third-order valence-corrected chi connectivity index (χ3v) is 14.9. The molecule has 0 N–H and O–H groups in total. The summed E-state index contributed by atoms with van der Waals surface area (Å²) in [4.78, 5) is 2.43. The van der Waals surface area contributed by atoms with E-state index < -0.39 is 5.41 Å². The third kappa shape index (κ3) is 5.11. The first-order valence-electron chi connectivity index (χ1n) is 22.4. The molecule has 8 aromatic rings. The molecular weight excluding hydrogens is 747 g/mol. The van der Waals surface area contributed by atoms with Crippen molar-refractivity contribution in [2.45, 2.75) is 49.9 Å². The lowest BCUT2D eigenvalue weighted by atomic mass is 9.70. The molecule has 13 rings (SSSR count). The fourth-order valence-corrected chi connectivity index (χ4v) is 12.0. The largest absolute Gasteiger partial charge is 0.303 e. The lowest BCUT2D eigenvalue weighted by molar-refractivity contribution is 0.410. The lowest BCUT2D eigenvalue weighted by Gasteiger charge is -2.33. The van der Waals surface area contributed by atoms with E-state index in [4.69, 9.17) is 0 Å². The fourth-order valence-electron chi connectivity index (χ4n) is 12.0. The molecule has 0 heterocycles. The number of allylic oxidation sites excluding steroid dienone is 6. The van der Waals surface area contributed by atoms with Crippen LogP contribution in [0.4, 0.5) is 17.1 Å². The Kier molecular flexibility index (Phi) is 7.71. The Hall–Kier alpha value is -7.14. The van der Waals surface area contributed by atoms with E-state index in [1.54, 1.807) is 5.57 Å². The van der Waals surface area contributed by atoms with Crippen LogP contribution in [0, 0.1) is 18.1 Å². The standard InChI is InChI=1S/C61H45N/c1-60(36-35-42-37-43(42)39-60)54-34-33-46(48-18-5-6-19-49(48)54)41-27-29-44(30-28-41)62(59-26-14-10-17-47(59)40-15-3-2-4-16-40)45-31-32-53-52-22-9-13-25-57(52)61(58(53)38-45)55-23-11-7-20-50(55)51-21-8-12-24-56(51)61/h2-3,5-15,17-27,29,31-35,38,43H,4,16,36-37,39H2,1H3/t43-,60?/m1/s1. The molecule has 5 aliphatic rings. The molecule has 1 saturated carbocycles. The van der Waals surface area contributed by atoms with Crippen molar-refractivity contribution in [2.24, 2.45) is 5.92 Å². The van der Waals surface area contributed by atoms with Gasteiger partial charge in [0, 0.05) is 16.8 Å². The first-order valence-corrected chi connectivity index (χ1v) is 22.4. The van der Waals surface area contributed by atoms with E-state index in [0.29, 0.717) is 0 Å². The Morgan fingerprint density at radius 2 is 1.21 bits per heavy atom. The molecule has 62 heavy (non-hydrogen) atoms. The fraction of sp³-hybridized carbons (Fsp3) is 0.148. The number of para-hydroxylation sites is 1. The summed E-state index contributed by atoms with van der Waals surface area (Å²) < 4.78 is 0. The minimum Gasteiger partial charge on any atom is -0.303 e. The van der Waals surface area contributed by atoms with Crippen molar-refractivity contribution in [1.29, 1.82) is 0 Å². The Balaban J connectivity index is 0.989. The van der Waals surface area contributed by atoms with Crippen LogP contribution >= 0.6 is 0 Å². The second-order valence-corrected chi connectivity index (χ2v) is 18.4. The summed E-state index contributed by atoms with van der Waals surface area (Å²) in [6.45, 7) is 2.48. The first-order chi connectivity index (χ1) is 30.6. The summed E-state index contributed by atoms with van der Waals surface area (Å²) in [5.74, 6) is 0.776. The van der Waals surface area contributed by atoms with Crippen LogP contribution in [-0.4, -0.2) is 0 Å². The molecule has 1 nitrogen and oxygen atoms in total. The van der Waals surface area contributed by atoms with Gasteiger partial charge in [-0.15, -0.1) is 0 Å². The van der Waals surface area contributed by atoms with Gasteiger partial charge in [0.15, 0.2) is 0 Å². The van der Waals surface area contributed by atoms with Gasteiger partial charge >= 0.3 is 0 Å². The molecule has 1 spiro atoms. The van der Waals surface area contributed by atoms with Crippen LogP contribution in [0.15, 0.2) is 194 Å². The molecule has 0 radical (unpaired) electrons. The van der Waals surface area contributed by atoms with Gasteiger partial charge in [0.2, 0.25) is 0 Å². The Labute approximate surface area is 365 Å². The van der Waals surface area contributed by atoms with E-state index in [9.17, 15) is 0 Å². The zero-order chi connectivity index (χ0) is 41.0. The van der Waals surface area contributed by atoms with E-state index in [-0.39, 0.29) is 5.41 Å². The second-order valence-electron chi connectivity index (χ2n) is 18.4. The van der Waals surface area contributed by atoms with Crippen LogP contribution in [0.25, 0.3) is 49.7 Å². The summed E-state index contributed by atoms with van der Waals surface area (Å²) in [6.07, 6.45) is 15.0. The molecule has 8 aromatic carbocycles. The molecule has 0 bridgehead atoms. The Bertz CT molecular complexity index is 3180. The number of anilines is 3. The van der Waals surface area contributed by atoms with Crippen LogP contribution in [0.2, 0.25) is 0 Å². The lowest BCUT2D eigenvalue weighted by Crippen LogP contribution is -2.26. The molecule has 1 unspecified atom stereocenters.